The van der Waals surface area contributed by atoms with Gasteiger partial charge in [-0.1, -0.05) is 115 Å². The molecule has 0 N–H and O–H groups in total. The normalized spacial score (nSPS) is 14.0. The van der Waals surface area contributed by atoms with Crippen molar-refractivity contribution in [1.29, 1.82) is 0 Å². The van der Waals surface area contributed by atoms with Crippen molar-refractivity contribution in [3.63, 3.8) is 0 Å². The lowest BCUT2D eigenvalue weighted by molar-refractivity contribution is -0.870. The molecule has 0 aliphatic carbocycles. The van der Waals surface area contributed by atoms with Crippen molar-refractivity contribution in [2.24, 2.45) is 0 Å². The second-order valence-electron chi connectivity index (χ2n) is 14.6. The van der Waals surface area contributed by atoms with Crippen molar-refractivity contribution < 1.29 is 42.1 Å². The number of hydrogen-bond donors (Lipinski definition) is 0. The van der Waals surface area contributed by atoms with Gasteiger partial charge in [0.05, 0.1) is 27.7 Å². The molecule has 0 saturated carbocycles. The van der Waals surface area contributed by atoms with Crippen molar-refractivity contribution in [3.05, 3.63) is 24.3 Å². The lowest BCUT2D eigenvalue weighted by Crippen LogP contribution is -2.37. The van der Waals surface area contributed by atoms with Crippen LogP contribution in [0.2, 0.25) is 0 Å². The van der Waals surface area contributed by atoms with Gasteiger partial charge in [-0.3, -0.25) is 14.2 Å². The minimum absolute atomic E-state index is 0.0329. The van der Waals surface area contributed by atoms with Crippen LogP contribution in [0.4, 0.5) is 0 Å². The van der Waals surface area contributed by atoms with E-state index in [1.165, 1.54) is 64.2 Å². The Kier molecular flexibility index (Phi) is 32.3. The summed E-state index contributed by atoms with van der Waals surface area (Å²) in [4.78, 5) is 37.3. The Bertz CT molecular complexity index is 918. The number of carbonyl (C=O) groups excluding carboxylic acids is 2. The van der Waals surface area contributed by atoms with Crippen LogP contribution < -0.4 is 4.89 Å². The molecule has 50 heavy (non-hydrogen) atoms. The summed E-state index contributed by atoms with van der Waals surface area (Å²) in [5, 5.41) is 0. The predicted octanol–water partition coefficient (Wildman–Crippen LogP) is 10.2. The highest BCUT2D eigenvalue weighted by Gasteiger charge is 2.21. The number of carbonyl (C=O) groups is 2. The number of nitrogens with zero attached hydrogens (tertiary/aromatic N) is 1. The van der Waals surface area contributed by atoms with E-state index < -0.39 is 32.5 Å². The van der Waals surface area contributed by atoms with Gasteiger partial charge >= 0.3 is 11.9 Å². The third-order valence-electron chi connectivity index (χ3n) is 8.44. The number of esters is 2. The van der Waals surface area contributed by atoms with Crippen LogP contribution in [-0.4, -0.2) is 70.0 Å². The molecule has 294 valence electrons. The maximum absolute atomic E-state index is 12.6. The predicted molar refractivity (Wildman–Crippen MR) is 204 cm³/mol. The summed E-state index contributed by atoms with van der Waals surface area (Å²) in [5.74, 6) is -0.855. The Balaban J connectivity index is 4.44. The Labute approximate surface area is 307 Å². The number of quaternary nitrogens is 1. The van der Waals surface area contributed by atoms with E-state index in [4.69, 9.17) is 18.5 Å². The molecule has 0 heterocycles. The molecule has 0 aliphatic heterocycles. The SMILES string of the molecule is CCCCCC/C=C\CCCCCCCC(=O)OCC(COP(=O)([O-])OCC[N+](C)(C)C)OC(=O)CCCCCCC/C=C\CCCCCC. The molecule has 0 radical (unpaired) electrons. The number of likely N-dealkylation sites (N-methyl/N-ethyl adjacent to an activating group) is 1. The number of unbranched alkanes of at least 4 members (excludes halogenated alkanes) is 18. The molecule has 2 atom stereocenters. The Morgan fingerprint density at radius 1 is 0.600 bits per heavy atom. The quantitative estimate of drug-likeness (QED) is 0.0206. The first-order chi connectivity index (χ1) is 24.0. The van der Waals surface area contributed by atoms with E-state index in [0.29, 0.717) is 17.4 Å². The van der Waals surface area contributed by atoms with Gasteiger partial charge in [-0.15, -0.1) is 0 Å². The van der Waals surface area contributed by atoms with Crippen LogP contribution in [0.5, 0.6) is 0 Å². The second kappa shape index (κ2) is 33.3. The Morgan fingerprint density at radius 2 is 1.02 bits per heavy atom. The zero-order valence-corrected chi connectivity index (χ0v) is 33.7. The maximum atomic E-state index is 12.6. The average Bonchev–Trinajstić information content (AvgIpc) is 3.06. The second-order valence-corrected chi connectivity index (χ2v) is 16.1. The monoisotopic (exact) mass is 730 g/mol. The van der Waals surface area contributed by atoms with Gasteiger partial charge in [0.1, 0.15) is 19.8 Å². The fourth-order valence-electron chi connectivity index (χ4n) is 5.23. The highest BCUT2D eigenvalue weighted by atomic mass is 31.2. The van der Waals surface area contributed by atoms with Crippen LogP contribution in [0.25, 0.3) is 0 Å². The first kappa shape index (κ1) is 48.5. The molecule has 0 saturated heterocycles. The molecule has 0 aliphatic rings. The first-order valence-electron chi connectivity index (χ1n) is 20.0. The highest BCUT2D eigenvalue weighted by molar-refractivity contribution is 7.45. The van der Waals surface area contributed by atoms with E-state index in [9.17, 15) is 19.0 Å². The molecule has 0 rings (SSSR count). The van der Waals surface area contributed by atoms with Gasteiger partial charge in [0.2, 0.25) is 0 Å². The van der Waals surface area contributed by atoms with E-state index in [-0.39, 0.29) is 26.1 Å². The molecular formula is C40H76NO8P. The number of rotatable bonds is 36. The van der Waals surface area contributed by atoms with Crippen LogP contribution in [-0.2, 0) is 32.7 Å². The molecule has 0 spiro atoms. The summed E-state index contributed by atoms with van der Waals surface area (Å²) in [6.07, 6.45) is 33.4. The van der Waals surface area contributed by atoms with Gasteiger partial charge in [-0.2, -0.15) is 0 Å². The van der Waals surface area contributed by atoms with Gasteiger partial charge in [0, 0.05) is 12.8 Å². The Hall–Kier alpha value is -1.51. The van der Waals surface area contributed by atoms with Crippen molar-refractivity contribution in [1.82, 2.24) is 0 Å². The zero-order valence-electron chi connectivity index (χ0n) is 32.8. The summed E-state index contributed by atoms with van der Waals surface area (Å²) in [7, 11) is 1.15. The summed E-state index contributed by atoms with van der Waals surface area (Å²) >= 11 is 0. The van der Waals surface area contributed by atoms with Gasteiger partial charge in [-0.05, 0) is 64.2 Å². The summed E-state index contributed by atoms with van der Waals surface area (Å²) < 4.78 is 33.8. The number of phosphoric acid groups is 1. The minimum atomic E-state index is -4.62. The smallest absolute Gasteiger partial charge is 0.306 e. The number of ether oxygens (including phenoxy) is 2. The molecule has 0 aromatic carbocycles. The van der Waals surface area contributed by atoms with Crippen molar-refractivity contribution in [2.75, 3.05) is 47.5 Å². The standard InChI is InChI=1S/C40H76NO8P/c1-6-8-10-12-14-16-18-20-22-24-26-28-30-32-39(42)46-36-38(37-48-50(44,45)47-35-34-41(3,4)5)49-40(43)33-31-29-27-25-23-21-19-17-15-13-11-9-7-2/h16-19,38H,6-15,20-37H2,1-5H3/b18-16-,19-17-. The van der Waals surface area contributed by atoms with Gasteiger partial charge in [0.15, 0.2) is 6.10 Å². The molecule has 0 fully saturated rings. The van der Waals surface area contributed by atoms with Crippen LogP contribution in [0.1, 0.15) is 168 Å². The summed E-state index contributed by atoms with van der Waals surface area (Å²) in [6.45, 7) is 4.16. The number of hydrogen-bond acceptors (Lipinski definition) is 8. The minimum Gasteiger partial charge on any atom is -0.756 e. The van der Waals surface area contributed by atoms with Crippen LogP contribution in [0.3, 0.4) is 0 Å². The van der Waals surface area contributed by atoms with Crippen LogP contribution in [0, 0.1) is 0 Å². The van der Waals surface area contributed by atoms with E-state index in [1.54, 1.807) is 0 Å². The number of allylic oxidation sites excluding steroid dienone is 4. The van der Waals surface area contributed by atoms with Crippen molar-refractivity contribution >= 4 is 19.8 Å². The number of phosphoric ester groups is 1. The van der Waals surface area contributed by atoms with Crippen molar-refractivity contribution in [2.45, 2.75) is 174 Å². The van der Waals surface area contributed by atoms with Crippen molar-refractivity contribution in [3.8, 4) is 0 Å². The van der Waals surface area contributed by atoms with E-state index in [0.717, 1.165) is 70.6 Å². The van der Waals surface area contributed by atoms with E-state index >= 15 is 0 Å². The van der Waals surface area contributed by atoms with E-state index in [2.05, 4.69) is 38.2 Å². The molecule has 10 heteroatoms. The fourth-order valence-corrected chi connectivity index (χ4v) is 5.96. The third-order valence-corrected chi connectivity index (χ3v) is 9.41. The van der Waals surface area contributed by atoms with Gasteiger partial charge < -0.3 is 27.9 Å². The average molecular weight is 730 g/mol. The Morgan fingerprint density at radius 3 is 1.48 bits per heavy atom. The first-order valence-corrected chi connectivity index (χ1v) is 21.5. The van der Waals surface area contributed by atoms with Gasteiger partial charge in [0.25, 0.3) is 7.82 Å². The maximum Gasteiger partial charge on any atom is 0.306 e. The summed E-state index contributed by atoms with van der Waals surface area (Å²) in [5.41, 5.74) is 0. The molecule has 0 bridgehead atoms. The molecule has 9 nitrogen and oxygen atoms in total. The lowest BCUT2D eigenvalue weighted by atomic mass is 10.1. The third kappa shape index (κ3) is 36.3. The molecule has 0 amide bonds. The summed E-state index contributed by atoms with van der Waals surface area (Å²) in [6, 6.07) is 0. The van der Waals surface area contributed by atoms with Crippen LogP contribution in [0.15, 0.2) is 24.3 Å². The topological polar surface area (TPSA) is 111 Å². The van der Waals surface area contributed by atoms with Gasteiger partial charge in [-0.25, -0.2) is 0 Å². The zero-order chi connectivity index (χ0) is 37.2. The molecule has 0 aromatic rings. The van der Waals surface area contributed by atoms with Crippen LogP contribution >= 0.6 is 7.82 Å². The largest absolute Gasteiger partial charge is 0.756 e. The molecule has 0 aromatic heterocycles. The fraction of sp³-hybridized carbons (Fsp3) is 0.850. The highest BCUT2D eigenvalue weighted by Crippen LogP contribution is 2.38. The molecule has 2 unspecified atom stereocenters. The van der Waals surface area contributed by atoms with E-state index in [1.807, 2.05) is 21.1 Å². The lowest BCUT2D eigenvalue weighted by Gasteiger charge is -2.28. The molecular weight excluding hydrogens is 653 g/mol.